The minimum absolute atomic E-state index is 0.0335. The molecule has 8 heteroatoms. The molecule has 1 aromatic rings. The molecule has 0 aliphatic carbocycles. The Morgan fingerprint density at radius 2 is 2.06 bits per heavy atom. The normalized spacial score (nSPS) is 27.7. The number of halogens is 1. The number of methoxy groups -OCH3 is 1. The molecule has 1 aromatic carbocycles. The summed E-state index contributed by atoms with van der Waals surface area (Å²) in [6.45, 7) is 2.04. The highest BCUT2D eigenvalue weighted by molar-refractivity contribution is 6.35. The second-order valence-corrected chi connectivity index (χ2v) is 9.20. The number of anilines is 1. The first-order valence-corrected chi connectivity index (χ1v) is 11.7. The highest BCUT2D eigenvalue weighted by Crippen LogP contribution is 2.36. The van der Waals surface area contributed by atoms with Crippen LogP contribution in [0.15, 0.2) is 35.9 Å². The minimum Gasteiger partial charge on any atom is -0.495 e. The molecule has 3 atom stereocenters. The quantitative estimate of drug-likeness (QED) is 0.620. The van der Waals surface area contributed by atoms with E-state index in [9.17, 15) is 14.7 Å². The Labute approximate surface area is 200 Å². The van der Waals surface area contributed by atoms with Gasteiger partial charge in [0.2, 0.25) is 5.91 Å². The summed E-state index contributed by atoms with van der Waals surface area (Å²) in [6, 6.07) is 3.78. The first-order valence-electron chi connectivity index (χ1n) is 11.4. The van der Waals surface area contributed by atoms with Crippen molar-refractivity contribution in [1.82, 2.24) is 5.32 Å². The molecule has 1 fully saturated rings. The van der Waals surface area contributed by atoms with E-state index < -0.39 is 12.2 Å². The van der Waals surface area contributed by atoms with Crippen LogP contribution in [0.2, 0.25) is 5.02 Å². The number of benzene rings is 1. The van der Waals surface area contributed by atoms with Gasteiger partial charge in [-0.1, -0.05) is 35.4 Å². The summed E-state index contributed by atoms with van der Waals surface area (Å²) in [5.41, 5.74) is 2.72. The van der Waals surface area contributed by atoms with Gasteiger partial charge in [0.25, 0.3) is 0 Å². The Balaban J connectivity index is 1.87. The van der Waals surface area contributed by atoms with Gasteiger partial charge in [0.1, 0.15) is 16.9 Å². The van der Waals surface area contributed by atoms with Gasteiger partial charge in [0.05, 0.1) is 18.9 Å². The van der Waals surface area contributed by atoms with E-state index in [0.29, 0.717) is 55.0 Å². The first kappa shape index (κ1) is 25.1. The van der Waals surface area contributed by atoms with Crippen molar-refractivity contribution in [3.63, 3.8) is 0 Å². The van der Waals surface area contributed by atoms with E-state index in [1.54, 1.807) is 19.1 Å². The fourth-order valence-electron chi connectivity index (χ4n) is 4.28. The van der Waals surface area contributed by atoms with Gasteiger partial charge < -0.3 is 24.8 Å². The van der Waals surface area contributed by atoms with Gasteiger partial charge in [-0.2, -0.15) is 0 Å². The molecule has 2 amide bonds. The number of allylic oxidation sites excluding steroid dienone is 3. The lowest BCUT2D eigenvalue weighted by molar-refractivity contribution is -0.118. The molecular weight excluding hydrogens is 444 g/mol. The number of alkyl carbamates (subject to hydrolysis) is 1. The average molecular weight is 477 g/mol. The smallest absolute Gasteiger partial charge is 0.407 e. The number of nitrogens with zero attached hydrogens (tertiary/aromatic N) is 1. The third kappa shape index (κ3) is 6.98. The molecule has 180 valence electrons. The number of carbonyl (C=O) groups is 2. The molecular formula is C25H33ClN2O5. The second kappa shape index (κ2) is 11.6. The summed E-state index contributed by atoms with van der Waals surface area (Å²) in [4.78, 5) is 26.3. The summed E-state index contributed by atoms with van der Waals surface area (Å²) in [7, 11) is 3.26. The molecule has 2 heterocycles. The molecule has 4 bridgehead atoms. The molecule has 0 radical (unpaired) electrons. The van der Waals surface area contributed by atoms with Crippen molar-refractivity contribution in [3.05, 3.63) is 46.5 Å². The zero-order chi connectivity index (χ0) is 24.0. The van der Waals surface area contributed by atoms with Crippen LogP contribution < -0.4 is 15.0 Å². The molecule has 33 heavy (non-hydrogen) atoms. The van der Waals surface area contributed by atoms with E-state index >= 15 is 0 Å². The number of nitrogens with one attached hydrogen (secondary N) is 1. The number of hydrogen-bond acceptors (Lipinski definition) is 5. The molecule has 0 spiro atoms. The van der Waals surface area contributed by atoms with Crippen LogP contribution in [-0.2, 0) is 16.0 Å². The summed E-state index contributed by atoms with van der Waals surface area (Å²) in [5.74, 6) is 0.432. The second-order valence-electron chi connectivity index (χ2n) is 8.82. The molecule has 2 N–H and O–H groups in total. The maximum atomic E-state index is 12.8. The molecule has 2 aliphatic heterocycles. The van der Waals surface area contributed by atoms with Gasteiger partial charge in [-0.25, -0.2) is 4.79 Å². The molecule has 3 unspecified atom stereocenters. The largest absolute Gasteiger partial charge is 0.495 e. The maximum absolute atomic E-state index is 12.8. The van der Waals surface area contributed by atoms with Gasteiger partial charge in [0.15, 0.2) is 0 Å². The third-order valence-electron chi connectivity index (χ3n) is 6.06. The summed E-state index contributed by atoms with van der Waals surface area (Å²) in [6.07, 6.45) is 8.23. The number of fused-ring (bicyclic) bond motifs is 4. The van der Waals surface area contributed by atoms with Crippen molar-refractivity contribution in [2.24, 2.45) is 0 Å². The third-order valence-corrected chi connectivity index (χ3v) is 6.44. The van der Waals surface area contributed by atoms with E-state index in [4.69, 9.17) is 21.1 Å². The van der Waals surface area contributed by atoms with E-state index in [-0.39, 0.29) is 24.5 Å². The Morgan fingerprint density at radius 1 is 1.27 bits per heavy atom. The van der Waals surface area contributed by atoms with Crippen LogP contribution in [-0.4, -0.2) is 49.5 Å². The number of amides is 2. The lowest BCUT2D eigenvalue weighted by atomic mass is 9.97. The average Bonchev–Trinajstić information content (AvgIpc) is 2.76. The number of hydrogen-bond donors (Lipinski definition) is 2. The topological polar surface area (TPSA) is 88.1 Å². The standard InChI is InChI=1S/C25H33ClN2O5/c1-16-7-4-5-8-18-14-20(33-25(31)27-18)15-19(29)9-6-10-23(30)28(2)21-12-17(11-16)13-22(32-3)24(21)26/h4-5,7,12-13,18-20,29H,6,8-11,14-15H2,1-3H3,(H,27,31)/b5-4+,16-7+. The number of carbonyl (C=O) groups excluding carboxylic acids is 2. The van der Waals surface area contributed by atoms with E-state index in [1.807, 2.05) is 37.3 Å². The number of aliphatic hydroxyl groups excluding tert-OH is 1. The van der Waals surface area contributed by atoms with E-state index in [2.05, 4.69) is 5.32 Å². The Hall–Kier alpha value is -2.51. The molecule has 3 rings (SSSR count). The van der Waals surface area contributed by atoms with E-state index in [0.717, 1.165) is 11.1 Å². The van der Waals surface area contributed by atoms with Crippen LogP contribution in [0.1, 0.15) is 51.0 Å². The maximum Gasteiger partial charge on any atom is 0.407 e. The fourth-order valence-corrected chi connectivity index (χ4v) is 4.59. The van der Waals surface area contributed by atoms with Crippen molar-refractivity contribution >= 4 is 29.3 Å². The SMILES string of the molecule is COc1cc2cc(c1Cl)N(C)C(=O)CCCC(O)CC1CC(C/C=C/C=C(\C)C2)NC(=O)O1. The Kier molecular flexibility index (Phi) is 8.80. The van der Waals surface area contributed by atoms with Crippen LogP contribution in [0.5, 0.6) is 5.75 Å². The highest BCUT2D eigenvalue weighted by Gasteiger charge is 2.29. The highest BCUT2D eigenvalue weighted by atomic mass is 35.5. The zero-order valence-electron chi connectivity index (χ0n) is 19.5. The van der Waals surface area contributed by atoms with Crippen LogP contribution in [0.3, 0.4) is 0 Å². The lowest BCUT2D eigenvalue weighted by Crippen LogP contribution is -2.46. The Morgan fingerprint density at radius 3 is 2.82 bits per heavy atom. The van der Waals surface area contributed by atoms with Crippen LogP contribution in [0.25, 0.3) is 0 Å². The van der Waals surface area contributed by atoms with Gasteiger partial charge in [-0.3, -0.25) is 4.79 Å². The predicted molar refractivity (Wildman–Crippen MR) is 129 cm³/mol. The molecule has 2 aliphatic rings. The minimum atomic E-state index is -0.644. The molecule has 7 nitrogen and oxygen atoms in total. The number of aliphatic hydroxyl groups is 1. The number of rotatable bonds is 1. The first-order chi connectivity index (χ1) is 15.8. The molecule has 0 aromatic heterocycles. The summed E-state index contributed by atoms with van der Waals surface area (Å²) >= 11 is 6.52. The van der Waals surface area contributed by atoms with Crippen LogP contribution >= 0.6 is 11.6 Å². The molecule has 0 saturated carbocycles. The van der Waals surface area contributed by atoms with Crippen molar-refractivity contribution in [3.8, 4) is 5.75 Å². The number of ether oxygens (including phenoxy) is 2. The lowest BCUT2D eigenvalue weighted by Gasteiger charge is -2.30. The van der Waals surface area contributed by atoms with Gasteiger partial charge in [-0.15, -0.1) is 0 Å². The van der Waals surface area contributed by atoms with Crippen molar-refractivity contribution in [2.75, 3.05) is 19.1 Å². The van der Waals surface area contributed by atoms with Crippen LogP contribution in [0, 0.1) is 0 Å². The van der Waals surface area contributed by atoms with Gasteiger partial charge >= 0.3 is 6.09 Å². The predicted octanol–water partition coefficient (Wildman–Crippen LogP) is 4.55. The zero-order valence-corrected chi connectivity index (χ0v) is 20.2. The Bertz CT molecular complexity index is 930. The van der Waals surface area contributed by atoms with E-state index in [1.165, 1.54) is 0 Å². The monoisotopic (exact) mass is 476 g/mol. The summed E-state index contributed by atoms with van der Waals surface area (Å²) < 4.78 is 10.8. The van der Waals surface area contributed by atoms with Crippen molar-refractivity contribution < 1.29 is 24.2 Å². The fraction of sp³-hybridized carbons (Fsp3) is 0.520. The van der Waals surface area contributed by atoms with Gasteiger partial charge in [-0.05, 0) is 50.3 Å². The molecule has 1 saturated heterocycles. The van der Waals surface area contributed by atoms with Crippen LogP contribution in [0.4, 0.5) is 10.5 Å². The van der Waals surface area contributed by atoms with Crippen molar-refractivity contribution in [2.45, 2.75) is 70.1 Å². The van der Waals surface area contributed by atoms with Gasteiger partial charge in [0, 0.05) is 32.4 Å². The summed E-state index contributed by atoms with van der Waals surface area (Å²) in [5, 5.41) is 13.7. The van der Waals surface area contributed by atoms with Crippen molar-refractivity contribution in [1.29, 1.82) is 0 Å².